The summed E-state index contributed by atoms with van der Waals surface area (Å²) < 4.78 is 0. The monoisotopic (exact) mass is 368 g/mol. The lowest BCUT2D eigenvalue weighted by Gasteiger charge is -2.27. The first-order valence-electron chi connectivity index (χ1n) is 10.0. The van der Waals surface area contributed by atoms with E-state index in [9.17, 15) is 0 Å². The molecule has 2 heterocycles. The molecule has 26 heavy (non-hydrogen) atoms. The van der Waals surface area contributed by atoms with E-state index in [1.54, 1.807) is 0 Å². The molecule has 1 fully saturated rings. The largest absolute Gasteiger partial charge is 0.370 e. The molecule has 0 bridgehead atoms. The summed E-state index contributed by atoms with van der Waals surface area (Å²) >= 11 is 6.40. The minimum atomic E-state index is 0.439. The van der Waals surface area contributed by atoms with Gasteiger partial charge in [-0.1, -0.05) is 42.3 Å². The van der Waals surface area contributed by atoms with Crippen LogP contribution in [0.3, 0.4) is 0 Å². The molecule has 2 aliphatic heterocycles. The van der Waals surface area contributed by atoms with Gasteiger partial charge in [-0.15, -0.1) is 0 Å². The van der Waals surface area contributed by atoms with Crippen molar-refractivity contribution < 1.29 is 0 Å². The summed E-state index contributed by atoms with van der Waals surface area (Å²) in [5, 5.41) is 0.845. The summed E-state index contributed by atoms with van der Waals surface area (Å²) in [4.78, 5) is 5.02. The molecule has 0 saturated carbocycles. The van der Waals surface area contributed by atoms with Gasteiger partial charge in [0.05, 0.1) is 0 Å². The Morgan fingerprint density at radius 1 is 1.00 bits per heavy atom. The van der Waals surface area contributed by atoms with Gasteiger partial charge in [0.15, 0.2) is 0 Å². The van der Waals surface area contributed by atoms with Gasteiger partial charge in [-0.2, -0.15) is 0 Å². The summed E-state index contributed by atoms with van der Waals surface area (Å²) in [6.45, 7) is 4.76. The van der Waals surface area contributed by atoms with E-state index in [2.05, 4.69) is 53.2 Å². The maximum absolute atomic E-state index is 6.40. The number of likely N-dealkylation sites (tertiary alicyclic amines) is 1. The number of rotatable bonds is 4. The lowest BCUT2D eigenvalue weighted by Crippen LogP contribution is -2.30. The lowest BCUT2D eigenvalue weighted by atomic mass is 9.85. The highest BCUT2D eigenvalue weighted by atomic mass is 35.5. The summed E-state index contributed by atoms with van der Waals surface area (Å²) in [6.07, 6.45) is 6.58. The number of piperidine rings is 1. The SMILES string of the molecule is CN1Cc2ccccc2C(CCCN2CCCCC2)c2cc(Cl)ccc21. The van der Waals surface area contributed by atoms with Crippen LogP contribution in [0.1, 0.15) is 54.7 Å². The van der Waals surface area contributed by atoms with Gasteiger partial charge in [-0.25, -0.2) is 0 Å². The van der Waals surface area contributed by atoms with E-state index in [1.165, 1.54) is 74.1 Å². The third kappa shape index (κ3) is 3.77. The van der Waals surface area contributed by atoms with Gasteiger partial charge in [0, 0.05) is 30.2 Å². The summed E-state index contributed by atoms with van der Waals surface area (Å²) in [5.74, 6) is 0.439. The van der Waals surface area contributed by atoms with E-state index in [1.807, 2.05) is 6.07 Å². The first-order chi connectivity index (χ1) is 12.7. The van der Waals surface area contributed by atoms with Crippen molar-refractivity contribution in [2.45, 2.75) is 44.6 Å². The molecule has 138 valence electrons. The van der Waals surface area contributed by atoms with Crippen LogP contribution in [-0.4, -0.2) is 31.6 Å². The first kappa shape index (κ1) is 17.9. The Bertz CT molecular complexity index is 752. The molecule has 3 heteroatoms. The number of hydrogen-bond acceptors (Lipinski definition) is 2. The van der Waals surface area contributed by atoms with Crippen LogP contribution in [0.4, 0.5) is 5.69 Å². The molecule has 0 aromatic heterocycles. The maximum Gasteiger partial charge on any atom is 0.0429 e. The molecule has 2 aromatic rings. The Labute approximate surface area is 162 Å². The number of nitrogens with zero attached hydrogens (tertiary/aromatic N) is 2. The third-order valence-electron chi connectivity index (χ3n) is 6.03. The molecule has 2 aromatic carbocycles. The normalized spacial score (nSPS) is 20.4. The second kappa shape index (κ2) is 8.02. The zero-order chi connectivity index (χ0) is 17.9. The molecule has 1 unspecified atom stereocenters. The van der Waals surface area contributed by atoms with Crippen molar-refractivity contribution in [2.75, 3.05) is 31.6 Å². The van der Waals surface area contributed by atoms with E-state index < -0.39 is 0 Å². The van der Waals surface area contributed by atoms with Crippen LogP contribution in [0.15, 0.2) is 42.5 Å². The number of fused-ring (bicyclic) bond motifs is 2. The fourth-order valence-electron chi connectivity index (χ4n) is 4.69. The summed E-state index contributed by atoms with van der Waals surface area (Å²) in [5.41, 5.74) is 5.65. The molecular weight excluding hydrogens is 340 g/mol. The predicted octanol–water partition coefficient (Wildman–Crippen LogP) is 5.69. The van der Waals surface area contributed by atoms with Crippen molar-refractivity contribution in [1.29, 1.82) is 0 Å². The number of halogens is 1. The number of benzene rings is 2. The molecule has 0 N–H and O–H groups in total. The first-order valence-corrected chi connectivity index (χ1v) is 10.4. The van der Waals surface area contributed by atoms with Crippen LogP contribution < -0.4 is 4.90 Å². The fraction of sp³-hybridized carbons (Fsp3) is 0.478. The van der Waals surface area contributed by atoms with Crippen LogP contribution in [-0.2, 0) is 6.54 Å². The Balaban J connectivity index is 1.61. The Hall–Kier alpha value is -1.51. The smallest absolute Gasteiger partial charge is 0.0429 e. The predicted molar refractivity (Wildman–Crippen MR) is 111 cm³/mol. The summed E-state index contributed by atoms with van der Waals surface area (Å²) in [6, 6.07) is 15.4. The van der Waals surface area contributed by atoms with Crippen LogP contribution in [0.5, 0.6) is 0 Å². The van der Waals surface area contributed by atoms with Crippen molar-refractivity contribution >= 4 is 17.3 Å². The van der Waals surface area contributed by atoms with Crippen LogP contribution >= 0.6 is 11.6 Å². The molecule has 0 radical (unpaired) electrons. The van der Waals surface area contributed by atoms with Gasteiger partial charge < -0.3 is 9.80 Å². The second-order valence-corrected chi connectivity index (χ2v) is 8.29. The third-order valence-corrected chi connectivity index (χ3v) is 6.27. The van der Waals surface area contributed by atoms with Crippen molar-refractivity contribution in [3.8, 4) is 0 Å². The zero-order valence-corrected chi connectivity index (χ0v) is 16.5. The standard InChI is InChI=1S/C23H29ClN2/c1-25-17-18-8-3-4-9-20(18)21(22-16-19(24)11-12-23(22)25)10-7-15-26-13-5-2-6-14-26/h3-4,8-9,11-12,16,21H,2,5-7,10,13-15,17H2,1H3. The molecule has 0 spiro atoms. The summed E-state index contributed by atoms with van der Waals surface area (Å²) in [7, 11) is 2.19. The Morgan fingerprint density at radius 3 is 2.65 bits per heavy atom. The minimum absolute atomic E-state index is 0.439. The van der Waals surface area contributed by atoms with Gasteiger partial charge in [-0.3, -0.25) is 0 Å². The van der Waals surface area contributed by atoms with Gasteiger partial charge >= 0.3 is 0 Å². The number of hydrogen-bond donors (Lipinski definition) is 0. The van der Waals surface area contributed by atoms with E-state index >= 15 is 0 Å². The van der Waals surface area contributed by atoms with Crippen LogP contribution in [0.2, 0.25) is 5.02 Å². The van der Waals surface area contributed by atoms with Crippen molar-refractivity contribution in [3.05, 3.63) is 64.2 Å². The van der Waals surface area contributed by atoms with Gasteiger partial charge in [0.25, 0.3) is 0 Å². The molecule has 0 aliphatic carbocycles. The van der Waals surface area contributed by atoms with E-state index in [-0.39, 0.29) is 0 Å². The van der Waals surface area contributed by atoms with E-state index in [0.717, 1.165) is 11.6 Å². The molecular formula is C23H29ClN2. The van der Waals surface area contributed by atoms with Crippen LogP contribution in [0, 0.1) is 0 Å². The molecule has 2 aliphatic rings. The van der Waals surface area contributed by atoms with Gasteiger partial charge in [0.2, 0.25) is 0 Å². The Morgan fingerprint density at radius 2 is 1.81 bits per heavy atom. The van der Waals surface area contributed by atoms with Crippen LogP contribution in [0.25, 0.3) is 0 Å². The highest BCUT2D eigenvalue weighted by Crippen LogP contribution is 2.41. The number of anilines is 1. The van der Waals surface area contributed by atoms with Crippen molar-refractivity contribution in [1.82, 2.24) is 4.90 Å². The zero-order valence-electron chi connectivity index (χ0n) is 15.8. The fourth-order valence-corrected chi connectivity index (χ4v) is 4.87. The second-order valence-electron chi connectivity index (χ2n) is 7.86. The minimum Gasteiger partial charge on any atom is -0.370 e. The van der Waals surface area contributed by atoms with Gasteiger partial charge in [-0.05, 0) is 80.2 Å². The molecule has 0 amide bonds. The molecule has 4 rings (SSSR count). The molecule has 1 atom stereocenters. The quantitative estimate of drug-likeness (QED) is 0.684. The van der Waals surface area contributed by atoms with E-state index in [4.69, 9.17) is 11.6 Å². The lowest BCUT2D eigenvalue weighted by molar-refractivity contribution is 0.224. The molecule has 2 nitrogen and oxygen atoms in total. The topological polar surface area (TPSA) is 6.48 Å². The van der Waals surface area contributed by atoms with E-state index in [0.29, 0.717) is 5.92 Å². The van der Waals surface area contributed by atoms with Crippen molar-refractivity contribution in [3.63, 3.8) is 0 Å². The highest BCUT2D eigenvalue weighted by molar-refractivity contribution is 6.30. The highest BCUT2D eigenvalue weighted by Gasteiger charge is 2.26. The average molecular weight is 369 g/mol. The maximum atomic E-state index is 6.40. The van der Waals surface area contributed by atoms with Gasteiger partial charge in [0.1, 0.15) is 0 Å². The molecule has 1 saturated heterocycles. The Kier molecular flexibility index (Phi) is 5.52. The van der Waals surface area contributed by atoms with Crippen molar-refractivity contribution in [2.24, 2.45) is 0 Å². The average Bonchev–Trinajstić information content (AvgIpc) is 2.77.